The van der Waals surface area contributed by atoms with Crippen LogP contribution in [0.25, 0.3) is 0 Å². The Hall–Kier alpha value is -1.17. The van der Waals surface area contributed by atoms with Gasteiger partial charge in [0, 0.05) is 32.5 Å². The lowest BCUT2D eigenvalue weighted by Crippen LogP contribution is -2.20. The second-order valence-electron chi connectivity index (χ2n) is 4.70. The molecular formula is C15H26N2O3. The van der Waals surface area contributed by atoms with E-state index in [0.29, 0.717) is 19.8 Å². The summed E-state index contributed by atoms with van der Waals surface area (Å²) in [5.41, 5.74) is 1.92. The predicted molar refractivity (Wildman–Crippen MR) is 79.0 cm³/mol. The number of aromatic nitrogens is 1. The molecule has 0 saturated heterocycles. The zero-order valence-corrected chi connectivity index (χ0v) is 12.5. The SMILES string of the molecule is COCCNCc1nc(C)ccc1OCCCCCO. The normalized spacial score (nSPS) is 10.8. The van der Waals surface area contributed by atoms with E-state index in [-0.39, 0.29) is 6.61 Å². The van der Waals surface area contributed by atoms with E-state index in [4.69, 9.17) is 14.6 Å². The number of methoxy groups -OCH3 is 1. The lowest BCUT2D eigenvalue weighted by molar-refractivity contribution is 0.198. The number of hydrogen-bond donors (Lipinski definition) is 2. The summed E-state index contributed by atoms with van der Waals surface area (Å²) < 4.78 is 10.8. The molecule has 0 fully saturated rings. The Bertz CT molecular complexity index is 372. The minimum atomic E-state index is 0.251. The van der Waals surface area contributed by atoms with Crippen LogP contribution in [0, 0.1) is 6.92 Å². The first kappa shape index (κ1) is 16.9. The summed E-state index contributed by atoms with van der Waals surface area (Å²) in [6.45, 7) is 5.04. The second-order valence-corrected chi connectivity index (χ2v) is 4.70. The maximum atomic E-state index is 8.73. The van der Waals surface area contributed by atoms with Gasteiger partial charge in [-0.2, -0.15) is 0 Å². The minimum absolute atomic E-state index is 0.251. The van der Waals surface area contributed by atoms with Crippen LogP contribution < -0.4 is 10.1 Å². The summed E-state index contributed by atoms with van der Waals surface area (Å²) in [4.78, 5) is 4.52. The van der Waals surface area contributed by atoms with Gasteiger partial charge in [0.05, 0.1) is 18.9 Å². The molecule has 0 aromatic carbocycles. The Morgan fingerprint density at radius 1 is 1.20 bits per heavy atom. The van der Waals surface area contributed by atoms with Crippen LogP contribution in [0.15, 0.2) is 12.1 Å². The number of aryl methyl sites for hydroxylation is 1. The van der Waals surface area contributed by atoms with E-state index in [2.05, 4.69) is 10.3 Å². The molecule has 1 rings (SSSR count). The van der Waals surface area contributed by atoms with Crippen molar-refractivity contribution in [2.45, 2.75) is 32.7 Å². The van der Waals surface area contributed by atoms with E-state index in [1.165, 1.54) is 0 Å². The lowest BCUT2D eigenvalue weighted by Gasteiger charge is -2.12. The molecule has 5 heteroatoms. The third-order valence-corrected chi connectivity index (χ3v) is 2.91. The first-order chi connectivity index (χ1) is 9.77. The van der Waals surface area contributed by atoms with E-state index in [1.54, 1.807) is 7.11 Å². The molecule has 0 atom stereocenters. The molecule has 0 radical (unpaired) electrons. The Morgan fingerprint density at radius 3 is 2.80 bits per heavy atom. The van der Waals surface area contributed by atoms with Gasteiger partial charge in [-0.3, -0.25) is 4.98 Å². The fourth-order valence-electron chi connectivity index (χ4n) is 1.81. The number of hydrogen-bond acceptors (Lipinski definition) is 5. The van der Waals surface area contributed by atoms with Crippen molar-refractivity contribution in [3.05, 3.63) is 23.5 Å². The smallest absolute Gasteiger partial charge is 0.142 e. The number of aliphatic hydroxyl groups excluding tert-OH is 1. The zero-order valence-electron chi connectivity index (χ0n) is 12.5. The highest BCUT2D eigenvalue weighted by Crippen LogP contribution is 2.17. The number of ether oxygens (including phenoxy) is 2. The first-order valence-corrected chi connectivity index (χ1v) is 7.17. The lowest BCUT2D eigenvalue weighted by atomic mass is 10.2. The summed E-state index contributed by atoms with van der Waals surface area (Å²) in [7, 11) is 1.69. The van der Waals surface area contributed by atoms with Crippen LogP contribution in [-0.2, 0) is 11.3 Å². The van der Waals surface area contributed by atoms with E-state index in [9.17, 15) is 0 Å². The molecule has 0 saturated carbocycles. The highest BCUT2D eigenvalue weighted by Gasteiger charge is 2.05. The molecule has 0 spiro atoms. The zero-order chi connectivity index (χ0) is 14.6. The third-order valence-electron chi connectivity index (χ3n) is 2.91. The van der Waals surface area contributed by atoms with Gasteiger partial charge in [0.25, 0.3) is 0 Å². The van der Waals surface area contributed by atoms with E-state index in [1.807, 2.05) is 19.1 Å². The van der Waals surface area contributed by atoms with Crippen LogP contribution in [0.4, 0.5) is 0 Å². The van der Waals surface area contributed by atoms with Gasteiger partial charge in [-0.25, -0.2) is 0 Å². The van der Waals surface area contributed by atoms with Crippen molar-refractivity contribution in [3.63, 3.8) is 0 Å². The Balaban J connectivity index is 2.42. The Labute approximate surface area is 121 Å². The minimum Gasteiger partial charge on any atom is -0.492 e. The number of aliphatic hydroxyl groups is 1. The molecule has 0 aliphatic rings. The molecule has 1 heterocycles. The predicted octanol–water partition coefficient (Wildman–Crippen LogP) is 1.67. The van der Waals surface area contributed by atoms with Crippen LogP contribution in [0.5, 0.6) is 5.75 Å². The van der Waals surface area contributed by atoms with Crippen molar-refractivity contribution >= 4 is 0 Å². The topological polar surface area (TPSA) is 63.6 Å². The third kappa shape index (κ3) is 6.84. The van der Waals surface area contributed by atoms with Crippen LogP contribution in [0.3, 0.4) is 0 Å². The van der Waals surface area contributed by atoms with Crippen LogP contribution >= 0.6 is 0 Å². The Morgan fingerprint density at radius 2 is 2.05 bits per heavy atom. The van der Waals surface area contributed by atoms with Crippen LogP contribution in [0.1, 0.15) is 30.7 Å². The average Bonchev–Trinajstić information content (AvgIpc) is 2.45. The van der Waals surface area contributed by atoms with Gasteiger partial charge in [-0.1, -0.05) is 0 Å². The fourth-order valence-corrected chi connectivity index (χ4v) is 1.81. The molecule has 0 aliphatic carbocycles. The summed E-state index contributed by atoms with van der Waals surface area (Å²) in [6.07, 6.45) is 2.77. The van der Waals surface area contributed by atoms with Crippen molar-refractivity contribution in [1.82, 2.24) is 10.3 Å². The van der Waals surface area contributed by atoms with Gasteiger partial charge in [0.2, 0.25) is 0 Å². The molecule has 0 amide bonds. The summed E-state index contributed by atoms with van der Waals surface area (Å²) in [5.74, 6) is 0.838. The maximum Gasteiger partial charge on any atom is 0.142 e. The van der Waals surface area contributed by atoms with Crippen molar-refractivity contribution < 1.29 is 14.6 Å². The molecule has 5 nitrogen and oxygen atoms in total. The molecule has 1 aromatic heterocycles. The molecule has 20 heavy (non-hydrogen) atoms. The first-order valence-electron chi connectivity index (χ1n) is 7.17. The summed E-state index contributed by atoms with van der Waals surface area (Å²) in [5, 5.41) is 12.0. The van der Waals surface area contributed by atoms with Gasteiger partial charge in [0.15, 0.2) is 0 Å². The molecule has 1 aromatic rings. The monoisotopic (exact) mass is 282 g/mol. The van der Waals surface area contributed by atoms with Gasteiger partial charge < -0.3 is 19.9 Å². The number of rotatable bonds is 11. The summed E-state index contributed by atoms with van der Waals surface area (Å²) >= 11 is 0. The van der Waals surface area contributed by atoms with E-state index < -0.39 is 0 Å². The maximum absolute atomic E-state index is 8.73. The van der Waals surface area contributed by atoms with Crippen molar-refractivity contribution in [3.8, 4) is 5.75 Å². The van der Waals surface area contributed by atoms with Crippen LogP contribution in [0.2, 0.25) is 0 Å². The van der Waals surface area contributed by atoms with Crippen molar-refractivity contribution in [1.29, 1.82) is 0 Å². The largest absolute Gasteiger partial charge is 0.492 e. The standard InChI is InChI=1S/C15H26N2O3/c1-13-6-7-15(20-10-5-3-4-9-18)14(17-13)12-16-8-11-19-2/h6-7,16,18H,3-5,8-12H2,1-2H3. The number of nitrogens with zero attached hydrogens (tertiary/aromatic N) is 1. The van der Waals surface area contributed by atoms with Gasteiger partial charge in [-0.15, -0.1) is 0 Å². The summed E-state index contributed by atoms with van der Waals surface area (Å²) in [6, 6.07) is 3.93. The van der Waals surface area contributed by atoms with E-state index >= 15 is 0 Å². The molecule has 0 bridgehead atoms. The fraction of sp³-hybridized carbons (Fsp3) is 0.667. The number of pyridine rings is 1. The number of nitrogens with one attached hydrogen (secondary N) is 1. The van der Waals surface area contributed by atoms with Crippen molar-refractivity contribution in [2.24, 2.45) is 0 Å². The average molecular weight is 282 g/mol. The second kappa shape index (κ2) is 10.6. The van der Waals surface area contributed by atoms with E-state index in [0.717, 1.165) is 42.9 Å². The molecule has 0 aliphatic heterocycles. The molecule has 114 valence electrons. The molecule has 2 N–H and O–H groups in total. The van der Waals surface area contributed by atoms with Crippen LogP contribution in [-0.4, -0.2) is 43.6 Å². The highest BCUT2D eigenvalue weighted by atomic mass is 16.5. The molecule has 0 unspecified atom stereocenters. The number of unbranched alkanes of at least 4 members (excludes halogenated alkanes) is 2. The quantitative estimate of drug-likeness (QED) is 0.604. The van der Waals surface area contributed by atoms with Gasteiger partial charge in [-0.05, 0) is 38.3 Å². The molecular weight excluding hydrogens is 256 g/mol. The van der Waals surface area contributed by atoms with Crippen molar-refractivity contribution in [2.75, 3.05) is 33.5 Å². The van der Waals surface area contributed by atoms with Gasteiger partial charge in [0.1, 0.15) is 5.75 Å². The van der Waals surface area contributed by atoms with Gasteiger partial charge >= 0.3 is 0 Å². The Kier molecular flexibility index (Phi) is 8.95. The highest BCUT2D eigenvalue weighted by molar-refractivity contribution is 5.29.